The Bertz CT molecular complexity index is 1240. The monoisotopic (exact) mass is 467 g/mol. The third-order valence-electron chi connectivity index (χ3n) is 5.13. The van der Waals surface area contributed by atoms with E-state index in [9.17, 15) is 14.7 Å². The first kappa shape index (κ1) is 21.8. The minimum absolute atomic E-state index is 0.100. The topological polar surface area (TPSA) is 84.9 Å². The second-order valence-electron chi connectivity index (χ2n) is 7.07. The summed E-state index contributed by atoms with van der Waals surface area (Å²) in [4.78, 5) is 25.6. The van der Waals surface area contributed by atoms with Crippen molar-refractivity contribution in [2.75, 3.05) is 19.0 Å². The van der Waals surface area contributed by atoms with E-state index in [0.29, 0.717) is 33.3 Å². The standard InChI is InChI=1S/C24H18ClNO5S/c1-3-10-31-17-9-6-14(11-18(17)30-2)16-12-19(27)26-21-20(13-4-7-15(25)8-5-13)23(24(28)29)32-22(16)21/h1,4-9,11,16H,10,12H2,2H3,(H,26,27)(H,28,29)/t16-/m0/s1. The lowest BCUT2D eigenvalue weighted by Gasteiger charge is -2.24. The van der Waals surface area contributed by atoms with Crippen molar-refractivity contribution in [3.63, 3.8) is 0 Å². The molecule has 6 nitrogen and oxygen atoms in total. The fourth-order valence-corrected chi connectivity index (χ4v) is 5.11. The van der Waals surface area contributed by atoms with Gasteiger partial charge in [0.25, 0.3) is 0 Å². The molecule has 4 rings (SSSR count). The van der Waals surface area contributed by atoms with Crippen LogP contribution in [0, 0.1) is 12.3 Å². The summed E-state index contributed by atoms with van der Waals surface area (Å²) in [6, 6.07) is 12.2. The number of aromatic carboxylic acids is 1. The van der Waals surface area contributed by atoms with Crippen LogP contribution < -0.4 is 14.8 Å². The van der Waals surface area contributed by atoms with Crippen LogP contribution in [0.4, 0.5) is 5.69 Å². The highest BCUT2D eigenvalue weighted by Gasteiger charge is 2.34. The molecule has 1 aliphatic heterocycles. The second-order valence-corrected chi connectivity index (χ2v) is 8.55. The van der Waals surface area contributed by atoms with E-state index in [4.69, 9.17) is 27.5 Å². The SMILES string of the molecule is C#CCOc1ccc([C@@H]2CC(=O)Nc3c2sc(C(=O)O)c3-c2ccc(Cl)cc2)cc1OC. The number of carboxylic acid groups (broad SMARTS) is 1. The number of hydrogen-bond acceptors (Lipinski definition) is 5. The van der Waals surface area contributed by atoms with Crippen molar-refractivity contribution >= 4 is 40.5 Å². The van der Waals surface area contributed by atoms with E-state index < -0.39 is 5.97 Å². The summed E-state index contributed by atoms with van der Waals surface area (Å²) >= 11 is 7.16. The maximum Gasteiger partial charge on any atom is 0.346 e. The number of hydrogen-bond donors (Lipinski definition) is 2. The quantitative estimate of drug-likeness (QED) is 0.483. The van der Waals surface area contributed by atoms with Crippen LogP contribution in [-0.2, 0) is 4.79 Å². The van der Waals surface area contributed by atoms with Gasteiger partial charge in [0.2, 0.25) is 5.91 Å². The molecule has 1 amide bonds. The van der Waals surface area contributed by atoms with Crippen molar-refractivity contribution in [1.82, 2.24) is 0 Å². The molecule has 2 N–H and O–H groups in total. The van der Waals surface area contributed by atoms with Gasteiger partial charge >= 0.3 is 5.97 Å². The highest BCUT2D eigenvalue weighted by Crippen LogP contribution is 2.50. The first-order valence-corrected chi connectivity index (χ1v) is 10.8. The fraction of sp³-hybridized carbons (Fsp3) is 0.167. The Labute approximate surface area is 193 Å². The average molecular weight is 468 g/mol. The molecule has 0 saturated carbocycles. The predicted molar refractivity (Wildman–Crippen MR) is 124 cm³/mol. The van der Waals surface area contributed by atoms with E-state index in [-0.39, 0.29) is 29.7 Å². The molecule has 1 atom stereocenters. The minimum Gasteiger partial charge on any atom is -0.493 e. The molecule has 162 valence electrons. The van der Waals surface area contributed by atoms with Crippen molar-refractivity contribution in [1.29, 1.82) is 0 Å². The molecular formula is C24H18ClNO5S. The van der Waals surface area contributed by atoms with Gasteiger partial charge < -0.3 is 19.9 Å². The van der Waals surface area contributed by atoms with Crippen LogP contribution in [0.15, 0.2) is 42.5 Å². The van der Waals surface area contributed by atoms with Crippen LogP contribution in [0.25, 0.3) is 11.1 Å². The van der Waals surface area contributed by atoms with E-state index in [1.165, 1.54) is 7.11 Å². The average Bonchev–Trinajstić information content (AvgIpc) is 3.17. The molecule has 0 radical (unpaired) electrons. The van der Waals surface area contributed by atoms with Gasteiger partial charge in [0.1, 0.15) is 11.5 Å². The van der Waals surface area contributed by atoms with Gasteiger partial charge in [-0.3, -0.25) is 4.79 Å². The van der Waals surface area contributed by atoms with Gasteiger partial charge in [0.15, 0.2) is 11.5 Å². The molecule has 3 aromatic rings. The summed E-state index contributed by atoms with van der Waals surface area (Å²) in [5, 5.41) is 13.3. The number of rotatable bonds is 6. The molecule has 1 aliphatic rings. The third kappa shape index (κ3) is 4.03. The number of thiophene rings is 1. The molecule has 0 saturated heterocycles. The van der Waals surface area contributed by atoms with Gasteiger partial charge in [-0.15, -0.1) is 17.8 Å². The summed E-state index contributed by atoms with van der Waals surface area (Å²) in [7, 11) is 1.52. The second kappa shape index (κ2) is 8.95. The van der Waals surface area contributed by atoms with Gasteiger partial charge in [-0.25, -0.2) is 4.79 Å². The number of fused-ring (bicyclic) bond motifs is 1. The zero-order valence-electron chi connectivity index (χ0n) is 17.0. The van der Waals surface area contributed by atoms with Crippen LogP contribution in [0.5, 0.6) is 11.5 Å². The number of benzene rings is 2. The summed E-state index contributed by atoms with van der Waals surface area (Å²) in [5.74, 6) is 1.80. The summed E-state index contributed by atoms with van der Waals surface area (Å²) in [6.07, 6.45) is 5.45. The Morgan fingerprint density at radius 3 is 2.69 bits per heavy atom. The molecular weight excluding hydrogens is 450 g/mol. The van der Waals surface area contributed by atoms with Crippen molar-refractivity contribution in [3.05, 3.63) is 62.8 Å². The van der Waals surface area contributed by atoms with Crippen molar-refractivity contribution in [2.24, 2.45) is 0 Å². The number of methoxy groups -OCH3 is 1. The fourth-order valence-electron chi connectivity index (χ4n) is 3.74. The highest BCUT2D eigenvalue weighted by atomic mass is 35.5. The van der Waals surface area contributed by atoms with Crippen LogP contribution in [-0.4, -0.2) is 30.7 Å². The molecule has 8 heteroatoms. The Hall–Kier alpha value is -3.47. The lowest BCUT2D eigenvalue weighted by Crippen LogP contribution is -2.22. The first-order valence-electron chi connectivity index (χ1n) is 9.63. The van der Waals surface area contributed by atoms with Gasteiger partial charge in [0, 0.05) is 27.8 Å². The van der Waals surface area contributed by atoms with Crippen molar-refractivity contribution in [2.45, 2.75) is 12.3 Å². The lowest BCUT2D eigenvalue weighted by molar-refractivity contribution is -0.116. The van der Waals surface area contributed by atoms with Gasteiger partial charge in [-0.2, -0.15) is 0 Å². The maximum absolute atomic E-state index is 12.6. The number of halogens is 1. The van der Waals surface area contributed by atoms with Crippen molar-refractivity contribution in [3.8, 4) is 35.0 Å². The summed E-state index contributed by atoms with van der Waals surface area (Å²) in [5.41, 5.74) is 2.48. The molecule has 0 bridgehead atoms. The van der Waals surface area contributed by atoms with Gasteiger partial charge in [-0.05, 0) is 35.4 Å². The Morgan fingerprint density at radius 2 is 2.03 bits per heavy atom. The Morgan fingerprint density at radius 1 is 1.28 bits per heavy atom. The zero-order chi connectivity index (χ0) is 22.8. The Balaban J connectivity index is 1.85. The number of amides is 1. The zero-order valence-corrected chi connectivity index (χ0v) is 18.5. The third-order valence-corrected chi connectivity index (χ3v) is 6.68. The van der Waals surface area contributed by atoms with Crippen LogP contribution in [0.3, 0.4) is 0 Å². The molecule has 2 heterocycles. The van der Waals surface area contributed by atoms with E-state index in [2.05, 4.69) is 11.2 Å². The summed E-state index contributed by atoms with van der Waals surface area (Å²) < 4.78 is 10.9. The molecule has 0 unspecified atom stereocenters. The Kier molecular flexibility index (Phi) is 6.08. The van der Waals surface area contributed by atoms with Crippen LogP contribution in [0.2, 0.25) is 5.02 Å². The largest absolute Gasteiger partial charge is 0.493 e. The van der Waals surface area contributed by atoms with Crippen molar-refractivity contribution < 1.29 is 24.2 Å². The van der Waals surface area contributed by atoms with Crippen LogP contribution >= 0.6 is 22.9 Å². The smallest absolute Gasteiger partial charge is 0.346 e. The molecule has 0 fully saturated rings. The number of carbonyl (C=O) groups is 2. The van der Waals surface area contributed by atoms with E-state index in [1.54, 1.807) is 36.4 Å². The molecule has 2 aromatic carbocycles. The predicted octanol–water partition coefficient (Wildman–Crippen LogP) is 5.26. The van der Waals surface area contributed by atoms with Gasteiger partial charge in [0.05, 0.1) is 12.8 Å². The lowest BCUT2D eigenvalue weighted by atomic mass is 9.88. The highest BCUT2D eigenvalue weighted by molar-refractivity contribution is 7.15. The summed E-state index contributed by atoms with van der Waals surface area (Å²) in [6.45, 7) is 0.100. The molecule has 1 aromatic heterocycles. The number of terminal acetylenes is 1. The van der Waals surface area contributed by atoms with Gasteiger partial charge in [-0.1, -0.05) is 35.7 Å². The van der Waals surface area contributed by atoms with E-state index in [0.717, 1.165) is 21.8 Å². The molecule has 32 heavy (non-hydrogen) atoms. The van der Waals surface area contributed by atoms with E-state index >= 15 is 0 Å². The minimum atomic E-state index is -1.06. The maximum atomic E-state index is 12.6. The number of carbonyl (C=O) groups excluding carboxylic acids is 1. The number of anilines is 1. The number of nitrogens with one attached hydrogen (secondary N) is 1. The normalized spacial score (nSPS) is 14.8. The molecule has 0 aliphatic carbocycles. The molecule has 0 spiro atoms. The number of ether oxygens (including phenoxy) is 2. The first-order chi connectivity index (χ1) is 15.4. The van der Waals surface area contributed by atoms with E-state index in [1.807, 2.05) is 6.07 Å². The number of carboxylic acids is 1. The van der Waals surface area contributed by atoms with Crippen LogP contribution in [0.1, 0.15) is 32.5 Å².